The highest BCUT2D eigenvalue weighted by molar-refractivity contribution is 5.32. The lowest BCUT2D eigenvalue weighted by molar-refractivity contribution is 0.281. The summed E-state index contributed by atoms with van der Waals surface area (Å²) in [7, 11) is 4.16. The maximum atomic E-state index is 5.69. The lowest BCUT2D eigenvalue weighted by Crippen LogP contribution is -2.15. The number of aryl methyl sites for hydroxylation is 2. The van der Waals surface area contributed by atoms with Gasteiger partial charge in [-0.2, -0.15) is 0 Å². The van der Waals surface area contributed by atoms with Gasteiger partial charge in [-0.05, 0) is 57.6 Å². The summed E-state index contributed by atoms with van der Waals surface area (Å²) in [6.07, 6.45) is 1.07. The second-order valence-electron chi connectivity index (χ2n) is 4.33. The van der Waals surface area contributed by atoms with Gasteiger partial charge in [0.1, 0.15) is 5.75 Å². The van der Waals surface area contributed by atoms with E-state index in [-0.39, 0.29) is 0 Å². The van der Waals surface area contributed by atoms with Crippen LogP contribution in [0.15, 0.2) is 18.2 Å². The number of benzene rings is 1. The maximum Gasteiger partial charge on any atom is 0.119 e. The smallest absolute Gasteiger partial charge is 0.119 e. The summed E-state index contributed by atoms with van der Waals surface area (Å²) in [6.45, 7) is 6.06. The average molecular weight is 207 g/mol. The number of ether oxygens (including phenoxy) is 1. The summed E-state index contributed by atoms with van der Waals surface area (Å²) in [5.74, 6) is 0.992. The molecule has 0 saturated carbocycles. The zero-order valence-corrected chi connectivity index (χ0v) is 10.2. The summed E-state index contributed by atoms with van der Waals surface area (Å²) in [4.78, 5) is 2.17. The Morgan fingerprint density at radius 2 is 1.67 bits per heavy atom. The molecule has 15 heavy (non-hydrogen) atoms. The highest BCUT2D eigenvalue weighted by Crippen LogP contribution is 2.16. The van der Waals surface area contributed by atoms with E-state index in [1.165, 1.54) is 11.1 Å². The van der Waals surface area contributed by atoms with E-state index < -0.39 is 0 Å². The predicted octanol–water partition coefficient (Wildman–Crippen LogP) is 2.63. The van der Waals surface area contributed by atoms with Crippen LogP contribution in [0.25, 0.3) is 0 Å². The van der Waals surface area contributed by atoms with Crippen LogP contribution in [-0.2, 0) is 0 Å². The van der Waals surface area contributed by atoms with Gasteiger partial charge < -0.3 is 9.64 Å². The molecule has 0 atom stereocenters. The van der Waals surface area contributed by atoms with Crippen LogP contribution in [0.1, 0.15) is 17.5 Å². The van der Waals surface area contributed by atoms with Gasteiger partial charge in [0.2, 0.25) is 0 Å². The lowest BCUT2D eigenvalue weighted by atomic mass is 10.1. The van der Waals surface area contributed by atoms with Crippen LogP contribution in [0.5, 0.6) is 5.75 Å². The first-order valence-corrected chi connectivity index (χ1v) is 5.44. The van der Waals surface area contributed by atoms with Gasteiger partial charge in [-0.3, -0.25) is 0 Å². The fraction of sp³-hybridized carbons (Fsp3) is 0.538. The molecule has 0 amide bonds. The van der Waals surface area contributed by atoms with E-state index in [0.29, 0.717) is 0 Å². The highest BCUT2D eigenvalue weighted by Gasteiger charge is 1.97. The molecule has 2 heteroatoms. The zero-order chi connectivity index (χ0) is 11.3. The quantitative estimate of drug-likeness (QED) is 0.688. The topological polar surface area (TPSA) is 12.5 Å². The number of hydrogen-bond acceptors (Lipinski definition) is 2. The van der Waals surface area contributed by atoms with Gasteiger partial charge in [0.05, 0.1) is 6.61 Å². The first-order chi connectivity index (χ1) is 7.08. The fourth-order valence-corrected chi connectivity index (χ4v) is 1.59. The molecule has 0 spiro atoms. The van der Waals surface area contributed by atoms with Crippen LogP contribution in [0.2, 0.25) is 0 Å². The van der Waals surface area contributed by atoms with Crippen molar-refractivity contribution in [1.82, 2.24) is 4.90 Å². The van der Waals surface area contributed by atoms with Crippen molar-refractivity contribution >= 4 is 0 Å². The molecule has 0 N–H and O–H groups in total. The molecule has 1 rings (SSSR count). The van der Waals surface area contributed by atoms with Crippen molar-refractivity contribution in [2.24, 2.45) is 0 Å². The molecule has 0 unspecified atom stereocenters. The number of rotatable bonds is 5. The molecule has 1 aromatic carbocycles. The molecular formula is C13H21NO. The zero-order valence-electron chi connectivity index (χ0n) is 10.2. The minimum atomic E-state index is 0.793. The Bertz CT molecular complexity index is 287. The van der Waals surface area contributed by atoms with Gasteiger partial charge >= 0.3 is 0 Å². The van der Waals surface area contributed by atoms with E-state index in [2.05, 4.69) is 51.0 Å². The molecule has 0 aliphatic heterocycles. The monoisotopic (exact) mass is 207 g/mol. The lowest BCUT2D eigenvalue weighted by Gasteiger charge is -2.11. The average Bonchev–Trinajstić information content (AvgIpc) is 2.10. The molecule has 0 radical (unpaired) electrons. The molecule has 0 bridgehead atoms. The van der Waals surface area contributed by atoms with E-state index >= 15 is 0 Å². The van der Waals surface area contributed by atoms with E-state index in [9.17, 15) is 0 Å². The third kappa shape index (κ3) is 4.84. The molecule has 0 aliphatic carbocycles. The summed E-state index contributed by atoms with van der Waals surface area (Å²) >= 11 is 0. The van der Waals surface area contributed by atoms with E-state index in [1.54, 1.807) is 0 Å². The Morgan fingerprint density at radius 3 is 2.20 bits per heavy atom. The minimum absolute atomic E-state index is 0.793. The van der Waals surface area contributed by atoms with E-state index in [0.717, 1.165) is 25.3 Å². The normalized spacial score (nSPS) is 10.7. The van der Waals surface area contributed by atoms with Crippen molar-refractivity contribution in [2.45, 2.75) is 20.3 Å². The van der Waals surface area contributed by atoms with Crippen LogP contribution >= 0.6 is 0 Å². The fourth-order valence-electron chi connectivity index (χ4n) is 1.59. The van der Waals surface area contributed by atoms with Gasteiger partial charge in [0.25, 0.3) is 0 Å². The molecule has 0 heterocycles. The van der Waals surface area contributed by atoms with Gasteiger partial charge in [-0.15, -0.1) is 0 Å². The molecule has 0 aliphatic rings. The summed E-state index contributed by atoms with van der Waals surface area (Å²) in [5, 5.41) is 0. The second-order valence-corrected chi connectivity index (χ2v) is 4.33. The molecule has 0 fully saturated rings. The second kappa shape index (κ2) is 5.76. The van der Waals surface area contributed by atoms with Crippen molar-refractivity contribution in [3.05, 3.63) is 29.3 Å². The van der Waals surface area contributed by atoms with Crippen molar-refractivity contribution in [1.29, 1.82) is 0 Å². The largest absolute Gasteiger partial charge is 0.494 e. The predicted molar refractivity (Wildman–Crippen MR) is 64.6 cm³/mol. The Hall–Kier alpha value is -1.02. The van der Waals surface area contributed by atoms with Gasteiger partial charge in [-0.1, -0.05) is 6.07 Å². The van der Waals surface area contributed by atoms with Crippen LogP contribution in [-0.4, -0.2) is 32.1 Å². The summed E-state index contributed by atoms with van der Waals surface area (Å²) in [5.41, 5.74) is 2.52. The van der Waals surface area contributed by atoms with E-state index in [4.69, 9.17) is 4.74 Å². The first kappa shape index (κ1) is 12.1. The molecular weight excluding hydrogens is 186 g/mol. The molecule has 84 valence electrons. The van der Waals surface area contributed by atoms with Crippen LogP contribution < -0.4 is 4.74 Å². The molecule has 2 nitrogen and oxygen atoms in total. The highest BCUT2D eigenvalue weighted by atomic mass is 16.5. The number of hydrogen-bond donors (Lipinski definition) is 0. The summed E-state index contributed by atoms with van der Waals surface area (Å²) < 4.78 is 5.69. The molecule has 0 aromatic heterocycles. The first-order valence-electron chi connectivity index (χ1n) is 5.44. The van der Waals surface area contributed by atoms with Crippen molar-refractivity contribution in [3.8, 4) is 5.75 Å². The van der Waals surface area contributed by atoms with Gasteiger partial charge in [0, 0.05) is 6.54 Å². The maximum absolute atomic E-state index is 5.69. The summed E-state index contributed by atoms with van der Waals surface area (Å²) in [6, 6.07) is 6.33. The van der Waals surface area contributed by atoms with E-state index in [1.807, 2.05) is 0 Å². The third-order valence-electron chi connectivity index (χ3n) is 2.21. The molecule has 1 aromatic rings. The Balaban J connectivity index is 2.37. The Kier molecular flexibility index (Phi) is 4.63. The van der Waals surface area contributed by atoms with Gasteiger partial charge in [-0.25, -0.2) is 0 Å². The minimum Gasteiger partial charge on any atom is -0.494 e. The van der Waals surface area contributed by atoms with Crippen LogP contribution in [0.3, 0.4) is 0 Å². The Morgan fingerprint density at radius 1 is 1.07 bits per heavy atom. The SMILES string of the molecule is Cc1cc(C)cc(OCCCN(C)C)c1. The molecule has 0 saturated heterocycles. The van der Waals surface area contributed by atoms with Crippen LogP contribution in [0, 0.1) is 13.8 Å². The third-order valence-corrected chi connectivity index (χ3v) is 2.21. The van der Waals surface area contributed by atoms with Crippen molar-refractivity contribution < 1.29 is 4.74 Å². The van der Waals surface area contributed by atoms with Gasteiger partial charge in [0.15, 0.2) is 0 Å². The Labute approximate surface area is 92.9 Å². The van der Waals surface area contributed by atoms with Crippen molar-refractivity contribution in [2.75, 3.05) is 27.2 Å². The number of nitrogens with zero attached hydrogens (tertiary/aromatic N) is 1. The van der Waals surface area contributed by atoms with Crippen LogP contribution in [0.4, 0.5) is 0 Å². The standard InChI is InChI=1S/C13H21NO/c1-11-8-12(2)10-13(9-11)15-7-5-6-14(3)4/h8-10H,5-7H2,1-4H3. The van der Waals surface area contributed by atoms with Crippen molar-refractivity contribution in [3.63, 3.8) is 0 Å².